The molecule has 0 aromatic rings. The second-order valence-electron chi connectivity index (χ2n) is 15.3. The highest BCUT2D eigenvalue weighted by atomic mass is 19.4. The molecule has 0 unspecified atom stereocenters. The second kappa shape index (κ2) is 9.14. The third kappa shape index (κ3) is 4.69. The minimum absolute atomic E-state index is 0.0355. The van der Waals surface area contributed by atoms with Crippen molar-refractivity contribution < 1.29 is 23.4 Å². The molecule has 0 aromatic heterocycles. The van der Waals surface area contributed by atoms with Gasteiger partial charge in [-0.2, -0.15) is 13.2 Å². The number of hydrogen-bond acceptors (Lipinski definition) is 2. The van der Waals surface area contributed by atoms with Crippen molar-refractivity contribution in [1.29, 1.82) is 0 Å². The lowest BCUT2D eigenvalue weighted by Gasteiger charge is -2.57. The maximum atomic E-state index is 13.5. The van der Waals surface area contributed by atoms with Gasteiger partial charge in [0.15, 0.2) is 5.60 Å². The summed E-state index contributed by atoms with van der Waals surface area (Å²) in [7, 11) is 0. The number of halogens is 3. The molecular weight excluding hydrogens is 461 g/mol. The lowest BCUT2D eigenvalue weighted by molar-refractivity contribution is -0.282. The predicted molar refractivity (Wildman–Crippen MR) is 137 cm³/mol. The summed E-state index contributed by atoms with van der Waals surface area (Å²) in [6, 6.07) is 0. The van der Waals surface area contributed by atoms with E-state index in [1.165, 1.54) is 19.3 Å². The van der Waals surface area contributed by atoms with E-state index in [-0.39, 0.29) is 18.8 Å². The van der Waals surface area contributed by atoms with Gasteiger partial charge < -0.3 is 10.2 Å². The molecule has 5 heteroatoms. The highest BCUT2D eigenvalue weighted by molar-refractivity contribution is 5.08. The van der Waals surface area contributed by atoms with E-state index in [1.807, 2.05) is 0 Å². The van der Waals surface area contributed by atoms with Crippen molar-refractivity contribution in [2.75, 3.05) is 0 Å². The van der Waals surface area contributed by atoms with Gasteiger partial charge in [-0.15, -0.1) is 0 Å². The minimum Gasteiger partial charge on any atom is -0.390 e. The SMILES string of the molecule is C[C@H](CCC1(O)CCC(C)(C)CC1)[C@H]1CC[C@H]2[C@@H]3CC[C@H]4C[C@](O)(C(F)(F)F)CC[C@@H]4[C@H]3CC[C@]12C. The van der Waals surface area contributed by atoms with Crippen molar-refractivity contribution in [2.45, 2.75) is 141 Å². The largest absolute Gasteiger partial charge is 0.417 e. The Morgan fingerprint density at radius 3 is 2.11 bits per heavy atom. The van der Waals surface area contributed by atoms with Gasteiger partial charge in [0, 0.05) is 0 Å². The van der Waals surface area contributed by atoms with Crippen LogP contribution in [-0.2, 0) is 0 Å². The highest BCUT2D eigenvalue weighted by Gasteiger charge is 2.62. The molecule has 0 spiro atoms. The van der Waals surface area contributed by atoms with Crippen LogP contribution in [0.4, 0.5) is 13.2 Å². The van der Waals surface area contributed by atoms with Gasteiger partial charge in [0.1, 0.15) is 0 Å². The van der Waals surface area contributed by atoms with E-state index in [2.05, 4.69) is 27.7 Å². The first-order valence-corrected chi connectivity index (χ1v) is 15.2. The molecule has 0 amide bonds. The number of rotatable bonds is 4. The topological polar surface area (TPSA) is 40.5 Å². The van der Waals surface area contributed by atoms with Crippen LogP contribution in [0.1, 0.15) is 124 Å². The summed E-state index contributed by atoms with van der Waals surface area (Å²) in [5.41, 5.74) is -2.23. The maximum Gasteiger partial charge on any atom is 0.417 e. The quantitative estimate of drug-likeness (QED) is 0.398. The Hall–Kier alpha value is -0.290. The fourth-order valence-electron chi connectivity index (χ4n) is 10.5. The summed E-state index contributed by atoms with van der Waals surface area (Å²) in [6.07, 6.45) is 8.83. The summed E-state index contributed by atoms with van der Waals surface area (Å²) >= 11 is 0. The lowest BCUT2D eigenvalue weighted by Crippen LogP contribution is -2.55. The highest BCUT2D eigenvalue weighted by Crippen LogP contribution is 2.66. The molecule has 5 rings (SSSR count). The van der Waals surface area contributed by atoms with E-state index in [0.717, 1.165) is 57.8 Å². The van der Waals surface area contributed by atoms with Gasteiger partial charge in [0.25, 0.3) is 0 Å². The predicted octanol–water partition coefficient (Wildman–Crippen LogP) is 8.30. The molecule has 208 valence electrons. The Bertz CT molecular complexity index is 798. The van der Waals surface area contributed by atoms with Crippen molar-refractivity contribution in [2.24, 2.45) is 52.3 Å². The molecule has 2 nitrogen and oxygen atoms in total. The zero-order valence-corrected chi connectivity index (χ0v) is 23.2. The average molecular weight is 513 g/mol. The van der Waals surface area contributed by atoms with Gasteiger partial charge in [-0.3, -0.25) is 0 Å². The molecule has 0 saturated heterocycles. The Kier molecular flexibility index (Phi) is 6.92. The van der Waals surface area contributed by atoms with Crippen molar-refractivity contribution in [3.63, 3.8) is 0 Å². The van der Waals surface area contributed by atoms with E-state index in [9.17, 15) is 23.4 Å². The molecule has 0 heterocycles. The van der Waals surface area contributed by atoms with Crippen LogP contribution in [0.2, 0.25) is 0 Å². The molecule has 5 aliphatic carbocycles. The van der Waals surface area contributed by atoms with Crippen LogP contribution in [0.3, 0.4) is 0 Å². The van der Waals surface area contributed by atoms with Gasteiger partial charge in [-0.1, -0.05) is 27.7 Å². The molecule has 9 atom stereocenters. The van der Waals surface area contributed by atoms with E-state index in [4.69, 9.17) is 0 Å². The van der Waals surface area contributed by atoms with E-state index in [0.29, 0.717) is 52.8 Å². The molecular formula is C31H51F3O2. The van der Waals surface area contributed by atoms with Gasteiger partial charge in [-0.25, -0.2) is 0 Å². The Labute approximate surface area is 217 Å². The zero-order valence-electron chi connectivity index (χ0n) is 23.2. The van der Waals surface area contributed by atoms with Crippen LogP contribution in [0.5, 0.6) is 0 Å². The molecule has 0 aliphatic heterocycles. The summed E-state index contributed by atoms with van der Waals surface area (Å²) in [5.74, 6) is 3.64. The summed E-state index contributed by atoms with van der Waals surface area (Å²) in [4.78, 5) is 0. The van der Waals surface area contributed by atoms with E-state index >= 15 is 0 Å². The van der Waals surface area contributed by atoms with Crippen molar-refractivity contribution in [1.82, 2.24) is 0 Å². The third-order valence-corrected chi connectivity index (χ3v) is 12.9. The fourth-order valence-corrected chi connectivity index (χ4v) is 10.5. The molecule has 36 heavy (non-hydrogen) atoms. The number of aliphatic hydroxyl groups is 2. The Morgan fingerprint density at radius 1 is 0.778 bits per heavy atom. The molecule has 5 fully saturated rings. The molecule has 5 saturated carbocycles. The standard InChI is InChI=1S/C31H51F3O2/c1-20(9-13-29(35)17-15-27(2,3)16-18-29)25-7-8-26-24-6-5-21-19-30(36,31(32,33)34)14-11-22(21)23(24)10-12-28(25,26)4/h20-26,35-36H,5-19H2,1-4H3/t20-,21+,22+,23-,24-,25-,26+,28-,30+/m1/s1. The first-order valence-electron chi connectivity index (χ1n) is 15.2. The maximum absolute atomic E-state index is 13.5. The monoisotopic (exact) mass is 512 g/mol. The van der Waals surface area contributed by atoms with Gasteiger partial charge >= 0.3 is 6.18 Å². The first-order chi connectivity index (χ1) is 16.7. The van der Waals surface area contributed by atoms with Crippen molar-refractivity contribution in [3.8, 4) is 0 Å². The second-order valence-corrected chi connectivity index (χ2v) is 15.3. The van der Waals surface area contributed by atoms with Gasteiger partial charge in [-0.05, 0) is 149 Å². The van der Waals surface area contributed by atoms with Crippen LogP contribution in [0.15, 0.2) is 0 Å². The average Bonchev–Trinajstić information content (AvgIpc) is 3.16. The van der Waals surface area contributed by atoms with Crippen molar-refractivity contribution in [3.05, 3.63) is 0 Å². The van der Waals surface area contributed by atoms with Crippen LogP contribution in [0.25, 0.3) is 0 Å². The fraction of sp³-hybridized carbons (Fsp3) is 1.00. The summed E-state index contributed by atoms with van der Waals surface area (Å²) in [6.45, 7) is 9.61. The van der Waals surface area contributed by atoms with Crippen molar-refractivity contribution >= 4 is 0 Å². The normalized spacial score (nSPS) is 46.9. The Morgan fingerprint density at radius 2 is 1.44 bits per heavy atom. The molecule has 5 aliphatic rings. The Balaban J connectivity index is 1.21. The zero-order chi connectivity index (χ0) is 26.1. The number of hydrogen-bond donors (Lipinski definition) is 2. The van der Waals surface area contributed by atoms with E-state index in [1.54, 1.807) is 0 Å². The minimum atomic E-state index is -4.50. The van der Waals surface area contributed by atoms with Crippen LogP contribution in [-0.4, -0.2) is 27.6 Å². The molecule has 0 radical (unpaired) electrons. The summed E-state index contributed by atoms with van der Waals surface area (Å²) in [5, 5.41) is 21.6. The van der Waals surface area contributed by atoms with Gasteiger partial charge in [0.2, 0.25) is 0 Å². The third-order valence-electron chi connectivity index (χ3n) is 12.9. The number of alkyl halides is 3. The molecule has 0 aromatic carbocycles. The lowest BCUT2D eigenvalue weighted by atomic mass is 9.48. The van der Waals surface area contributed by atoms with Crippen LogP contribution >= 0.6 is 0 Å². The van der Waals surface area contributed by atoms with Gasteiger partial charge in [0.05, 0.1) is 5.60 Å². The van der Waals surface area contributed by atoms with Crippen LogP contribution in [0, 0.1) is 52.3 Å². The first kappa shape index (κ1) is 27.3. The summed E-state index contributed by atoms with van der Waals surface area (Å²) < 4.78 is 40.6. The number of fused-ring (bicyclic) bond motifs is 5. The molecule has 2 N–H and O–H groups in total. The van der Waals surface area contributed by atoms with E-state index < -0.39 is 17.4 Å². The molecule has 0 bridgehead atoms. The smallest absolute Gasteiger partial charge is 0.390 e. The van der Waals surface area contributed by atoms with Crippen LogP contribution < -0.4 is 0 Å².